The van der Waals surface area contributed by atoms with E-state index < -0.39 is 5.97 Å². The molecule has 0 saturated heterocycles. The molecule has 0 spiro atoms. The van der Waals surface area contributed by atoms with Crippen molar-refractivity contribution in [1.82, 2.24) is 15.3 Å². The van der Waals surface area contributed by atoms with Gasteiger partial charge in [-0.05, 0) is 12.1 Å². The number of esters is 1. The third-order valence-corrected chi connectivity index (χ3v) is 3.39. The summed E-state index contributed by atoms with van der Waals surface area (Å²) in [5.41, 5.74) is 0.287. The van der Waals surface area contributed by atoms with Gasteiger partial charge >= 0.3 is 12.0 Å². The molecule has 8 heteroatoms. The van der Waals surface area contributed by atoms with E-state index >= 15 is 0 Å². The summed E-state index contributed by atoms with van der Waals surface area (Å²) in [5, 5.41) is 7.69. The number of pyridine rings is 1. The first kappa shape index (κ1) is 14.9. The number of thiazole rings is 1. The predicted octanol–water partition coefficient (Wildman–Crippen LogP) is 1.69. The van der Waals surface area contributed by atoms with Gasteiger partial charge in [0.05, 0.1) is 12.1 Å². The average molecular weight is 306 g/mol. The summed E-state index contributed by atoms with van der Waals surface area (Å²) < 4.78 is 4.58. The normalized spacial score (nSPS) is 9.95. The van der Waals surface area contributed by atoms with Gasteiger partial charge < -0.3 is 10.1 Å². The second kappa shape index (κ2) is 7.34. The lowest BCUT2D eigenvalue weighted by Crippen LogP contribution is -2.30. The molecule has 0 bridgehead atoms. The van der Waals surface area contributed by atoms with Crippen LogP contribution in [0.15, 0.2) is 29.8 Å². The zero-order chi connectivity index (χ0) is 15.1. The van der Waals surface area contributed by atoms with Crippen LogP contribution in [0.2, 0.25) is 0 Å². The number of ether oxygens (including phenoxy) is 1. The van der Waals surface area contributed by atoms with Crippen LogP contribution in [0.3, 0.4) is 0 Å². The molecule has 2 N–H and O–H groups in total. The standard InChI is InChI=1S/C13H14N4O3S/c1-20-12(18)9-8-21-11(16-9)5-7-15-13(19)17-10-4-2-3-6-14-10/h2-4,6,8H,5,7H2,1H3,(H2,14,15,17,19). The number of carbonyl (C=O) groups is 2. The minimum atomic E-state index is -0.460. The minimum Gasteiger partial charge on any atom is -0.464 e. The van der Waals surface area contributed by atoms with Crippen molar-refractivity contribution in [3.63, 3.8) is 0 Å². The Labute approximate surface area is 125 Å². The number of hydrogen-bond donors (Lipinski definition) is 2. The fourth-order valence-corrected chi connectivity index (χ4v) is 2.27. The van der Waals surface area contributed by atoms with E-state index in [1.807, 2.05) is 0 Å². The number of nitrogens with one attached hydrogen (secondary N) is 2. The molecule has 0 fully saturated rings. The van der Waals surface area contributed by atoms with Gasteiger partial charge in [0.25, 0.3) is 0 Å². The fourth-order valence-electron chi connectivity index (χ4n) is 1.50. The molecule has 0 atom stereocenters. The molecular weight excluding hydrogens is 292 g/mol. The SMILES string of the molecule is COC(=O)c1csc(CCNC(=O)Nc2ccccn2)n1. The first-order valence-electron chi connectivity index (χ1n) is 6.17. The summed E-state index contributed by atoms with van der Waals surface area (Å²) in [6.45, 7) is 0.410. The number of anilines is 1. The highest BCUT2D eigenvalue weighted by atomic mass is 32.1. The molecule has 2 amide bonds. The van der Waals surface area contributed by atoms with Gasteiger partial charge in [0.1, 0.15) is 5.82 Å². The van der Waals surface area contributed by atoms with Crippen LogP contribution in [-0.4, -0.2) is 35.6 Å². The Morgan fingerprint density at radius 2 is 2.24 bits per heavy atom. The van der Waals surface area contributed by atoms with Gasteiger partial charge in [0.2, 0.25) is 0 Å². The van der Waals surface area contributed by atoms with E-state index in [1.165, 1.54) is 18.4 Å². The molecule has 0 aliphatic rings. The fraction of sp³-hybridized carbons (Fsp3) is 0.231. The van der Waals surface area contributed by atoms with Gasteiger partial charge in [-0.25, -0.2) is 19.6 Å². The van der Waals surface area contributed by atoms with Crippen LogP contribution in [0.1, 0.15) is 15.5 Å². The van der Waals surface area contributed by atoms with Crippen molar-refractivity contribution in [1.29, 1.82) is 0 Å². The van der Waals surface area contributed by atoms with Gasteiger partial charge in [-0.15, -0.1) is 11.3 Å². The number of hydrogen-bond acceptors (Lipinski definition) is 6. The van der Waals surface area contributed by atoms with Gasteiger partial charge in [0, 0.05) is 24.5 Å². The van der Waals surface area contributed by atoms with E-state index in [4.69, 9.17) is 0 Å². The monoisotopic (exact) mass is 306 g/mol. The molecule has 2 rings (SSSR count). The minimum absolute atomic E-state index is 0.287. The van der Waals surface area contributed by atoms with E-state index in [9.17, 15) is 9.59 Å². The predicted molar refractivity (Wildman–Crippen MR) is 78.4 cm³/mol. The molecule has 7 nitrogen and oxygen atoms in total. The largest absolute Gasteiger partial charge is 0.464 e. The van der Waals surface area contributed by atoms with Crippen LogP contribution in [0.5, 0.6) is 0 Å². The molecule has 0 saturated carbocycles. The molecule has 0 aliphatic carbocycles. The molecule has 2 aromatic heterocycles. The molecule has 21 heavy (non-hydrogen) atoms. The lowest BCUT2D eigenvalue weighted by molar-refractivity contribution is 0.0594. The zero-order valence-electron chi connectivity index (χ0n) is 11.3. The third-order valence-electron chi connectivity index (χ3n) is 2.48. The molecular formula is C13H14N4O3S. The summed E-state index contributed by atoms with van der Waals surface area (Å²) in [6, 6.07) is 4.92. The lowest BCUT2D eigenvalue weighted by atomic mass is 10.4. The molecule has 110 valence electrons. The second-order valence-corrected chi connectivity index (χ2v) is 4.91. The molecule has 2 heterocycles. The quantitative estimate of drug-likeness (QED) is 0.820. The molecule has 2 aromatic rings. The molecule has 0 aliphatic heterocycles. The topological polar surface area (TPSA) is 93.2 Å². The van der Waals surface area contributed by atoms with Gasteiger partial charge in [-0.3, -0.25) is 5.32 Å². The van der Waals surface area contributed by atoms with Crippen molar-refractivity contribution >= 4 is 29.2 Å². The van der Waals surface area contributed by atoms with Gasteiger partial charge in [-0.2, -0.15) is 0 Å². The highest BCUT2D eigenvalue weighted by molar-refractivity contribution is 7.09. The van der Waals surface area contributed by atoms with Crippen molar-refractivity contribution in [2.75, 3.05) is 19.0 Å². The number of amides is 2. The smallest absolute Gasteiger partial charge is 0.357 e. The van der Waals surface area contributed by atoms with E-state index in [0.29, 0.717) is 18.8 Å². The summed E-state index contributed by atoms with van der Waals surface area (Å²) in [4.78, 5) is 31.0. The highest BCUT2D eigenvalue weighted by Gasteiger charge is 2.10. The maximum Gasteiger partial charge on any atom is 0.357 e. The maximum absolute atomic E-state index is 11.6. The number of nitrogens with zero attached hydrogens (tertiary/aromatic N) is 2. The summed E-state index contributed by atoms with van der Waals surface area (Å²) in [5.74, 6) is 0.0237. The van der Waals surface area contributed by atoms with Crippen LogP contribution in [0, 0.1) is 0 Å². The number of carbonyl (C=O) groups excluding carboxylic acids is 2. The first-order valence-corrected chi connectivity index (χ1v) is 7.05. The van der Waals surface area contributed by atoms with Crippen LogP contribution in [0.4, 0.5) is 10.6 Å². The van der Waals surface area contributed by atoms with Crippen molar-refractivity contribution < 1.29 is 14.3 Å². The van der Waals surface area contributed by atoms with E-state index in [1.54, 1.807) is 29.8 Å². The van der Waals surface area contributed by atoms with Crippen LogP contribution < -0.4 is 10.6 Å². The van der Waals surface area contributed by atoms with Crippen molar-refractivity contribution in [3.05, 3.63) is 40.5 Å². The third kappa shape index (κ3) is 4.53. The van der Waals surface area contributed by atoms with E-state index in [-0.39, 0.29) is 11.7 Å². The summed E-state index contributed by atoms with van der Waals surface area (Å²) in [7, 11) is 1.31. The Hall–Kier alpha value is -2.48. The zero-order valence-corrected chi connectivity index (χ0v) is 12.1. The molecule has 0 unspecified atom stereocenters. The number of rotatable bonds is 5. The Balaban J connectivity index is 1.75. The lowest BCUT2D eigenvalue weighted by Gasteiger charge is -2.05. The number of methoxy groups -OCH3 is 1. The van der Waals surface area contributed by atoms with Crippen LogP contribution >= 0.6 is 11.3 Å². The summed E-state index contributed by atoms with van der Waals surface area (Å²) in [6.07, 6.45) is 2.14. The van der Waals surface area contributed by atoms with E-state index in [0.717, 1.165) is 5.01 Å². The van der Waals surface area contributed by atoms with Crippen molar-refractivity contribution in [3.8, 4) is 0 Å². The van der Waals surface area contributed by atoms with Crippen molar-refractivity contribution in [2.45, 2.75) is 6.42 Å². The summed E-state index contributed by atoms with van der Waals surface area (Å²) >= 11 is 1.35. The Morgan fingerprint density at radius 1 is 1.38 bits per heavy atom. The maximum atomic E-state index is 11.6. The molecule has 0 radical (unpaired) electrons. The van der Waals surface area contributed by atoms with Gasteiger partial charge in [0.15, 0.2) is 5.69 Å². The highest BCUT2D eigenvalue weighted by Crippen LogP contribution is 2.10. The number of urea groups is 1. The second-order valence-electron chi connectivity index (χ2n) is 3.96. The number of aromatic nitrogens is 2. The Morgan fingerprint density at radius 3 is 2.95 bits per heavy atom. The first-order chi connectivity index (χ1) is 10.2. The van der Waals surface area contributed by atoms with Gasteiger partial charge in [-0.1, -0.05) is 6.07 Å². The average Bonchev–Trinajstić information content (AvgIpc) is 2.96. The van der Waals surface area contributed by atoms with E-state index in [2.05, 4.69) is 25.3 Å². The van der Waals surface area contributed by atoms with Crippen molar-refractivity contribution in [2.24, 2.45) is 0 Å². The Kier molecular flexibility index (Phi) is 5.22. The van der Waals surface area contributed by atoms with Crippen LogP contribution in [0.25, 0.3) is 0 Å². The Bertz CT molecular complexity index is 615. The molecule has 0 aromatic carbocycles. The van der Waals surface area contributed by atoms with Crippen LogP contribution in [-0.2, 0) is 11.2 Å².